The van der Waals surface area contributed by atoms with Crippen LogP contribution >= 0.6 is 23.2 Å². The molecule has 2 rings (SSSR count). The first-order valence-electron chi connectivity index (χ1n) is 6.54. The quantitative estimate of drug-likeness (QED) is 0.773. The average molecular weight is 343 g/mol. The first-order chi connectivity index (χ1) is 10.3. The highest BCUT2D eigenvalue weighted by Crippen LogP contribution is 2.39. The van der Waals surface area contributed by atoms with E-state index in [4.69, 9.17) is 27.9 Å². The number of methoxy groups -OCH3 is 1. The van der Waals surface area contributed by atoms with Crippen molar-refractivity contribution in [2.24, 2.45) is 0 Å². The van der Waals surface area contributed by atoms with Crippen LogP contribution in [0.5, 0.6) is 0 Å². The lowest BCUT2D eigenvalue weighted by atomic mass is 9.93. The summed E-state index contributed by atoms with van der Waals surface area (Å²) in [5.41, 5.74) is 1.53. The van der Waals surface area contributed by atoms with E-state index >= 15 is 0 Å². The van der Waals surface area contributed by atoms with Crippen LogP contribution in [0.3, 0.4) is 0 Å². The van der Waals surface area contributed by atoms with E-state index in [1.807, 2.05) is 0 Å². The largest absolute Gasteiger partial charge is 0.466 e. The Labute approximate surface area is 139 Å². The number of esters is 1. The van der Waals surface area contributed by atoms with Gasteiger partial charge in [-0.2, -0.15) is 0 Å². The first kappa shape index (κ1) is 16.6. The van der Waals surface area contributed by atoms with Crippen molar-refractivity contribution in [3.05, 3.63) is 45.1 Å². The maximum atomic E-state index is 12.4. The van der Waals surface area contributed by atoms with E-state index in [1.54, 1.807) is 39.2 Å². The van der Waals surface area contributed by atoms with Gasteiger partial charge in [-0.25, -0.2) is 9.59 Å². The van der Waals surface area contributed by atoms with Crippen LogP contribution in [0.1, 0.15) is 18.5 Å². The highest BCUT2D eigenvalue weighted by molar-refractivity contribution is 6.35. The number of hydrogen-bond donors (Lipinski definition) is 0. The van der Waals surface area contributed by atoms with Crippen molar-refractivity contribution in [1.82, 2.24) is 9.80 Å². The Bertz CT molecular complexity index is 673. The van der Waals surface area contributed by atoms with E-state index in [-0.39, 0.29) is 6.03 Å². The monoisotopic (exact) mass is 342 g/mol. The van der Waals surface area contributed by atoms with E-state index in [9.17, 15) is 9.59 Å². The number of carbonyl (C=O) groups excluding carboxylic acids is 2. The standard InChI is InChI=1S/C15H16Cl2N2O3/c1-8-12(14(20)22-4)13(19(3)15(21)18(8)2)10-6-5-9(16)7-11(10)17/h5-7,13H,1-4H3/t13-/m0/s1. The molecule has 5 nitrogen and oxygen atoms in total. The summed E-state index contributed by atoms with van der Waals surface area (Å²) in [6, 6.07) is 4.10. The molecule has 1 aliphatic heterocycles. The fraction of sp³-hybridized carbons (Fsp3) is 0.333. The van der Waals surface area contributed by atoms with E-state index < -0.39 is 12.0 Å². The second-order valence-electron chi connectivity index (χ2n) is 5.01. The molecule has 0 bridgehead atoms. The molecule has 22 heavy (non-hydrogen) atoms. The minimum absolute atomic E-state index is 0.235. The summed E-state index contributed by atoms with van der Waals surface area (Å²) in [6.45, 7) is 1.70. The lowest BCUT2D eigenvalue weighted by Crippen LogP contribution is -2.47. The zero-order valence-corrected chi connectivity index (χ0v) is 14.2. The molecule has 1 aromatic rings. The van der Waals surface area contributed by atoms with Crippen molar-refractivity contribution in [3.63, 3.8) is 0 Å². The lowest BCUT2D eigenvalue weighted by Gasteiger charge is -2.39. The number of likely N-dealkylation sites (N-methyl/N-ethyl adjacent to an activating group) is 1. The van der Waals surface area contributed by atoms with E-state index in [2.05, 4.69) is 0 Å². The van der Waals surface area contributed by atoms with E-state index in [0.717, 1.165) is 0 Å². The number of amides is 2. The molecular formula is C15H16Cl2N2O3. The van der Waals surface area contributed by atoms with Crippen LogP contribution in [0.25, 0.3) is 0 Å². The number of nitrogens with zero attached hydrogens (tertiary/aromatic N) is 2. The number of allylic oxidation sites excluding steroid dienone is 1. The summed E-state index contributed by atoms with van der Waals surface area (Å²) >= 11 is 12.2. The Morgan fingerprint density at radius 2 is 1.91 bits per heavy atom. The topological polar surface area (TPSA) is 49.9 Å². The number of hydrogen-bond acceptors (Lipinski definition) is 3. The number of ether oxygens (including phenoxy) is 1. The van der Waals surface area contributed by atoms with E-state index in [0.29, 0.717) is 26.9 Å². The smallest absolute Gasteiger partial charge is 0.337 e. The van der Waals surface area contributed by atoms with Gasteiger partial charge in [0, 0.05) is 29.8 Å². The molecular weight excluding hydrogens is 327 g/mol. The first-order valence-corrected chi connectivity index (χ1v) is 7.29. The van der Waals surface area contributed by atoms with Gasteiger partial charge in [0.2, 0.25) is 0 Å². The van der Waals surface area contributed by atoms with Crippen molar-refractivity contribution < 1.29 is 14.3 Å². The molecule has 0 N–H and O–H groups in total. The summed E-state index contributed by atoms with van der Waals surface area (Å²) < 4.78 is 4.88. The highest BCUT2D eigenvalue weighted by atomic mass is 35.5. The van der Waals surface area contributed by atoms with Gasteiger partial charge in [0.25, 0.3) is 0 Å². The third kappa shape index (κ3) is 2.66. The molecule has 0 unspecified atom stereocenters. The summed E-state index contributed by atoms with van der Waals surface area (Å²) in [5.74, 6) is -0.500. The van der Waals surface area contributed by atoms with Crippen LogP contribution in [0.2, 0.25) is 10.0 Å². The normalized spacial score (nSPS) is 18.8. The molecule has 1 aliphatic rings. The zero-order chi connectivity index (χ0) is 16.6. The summed E-state index contributed by atoms with van der Waals surface area (Å²) in [6.07, 6.45) is 0. The second-order valence-corrected chi connectivity index (χ2v) is 5.86. The fourth-order valence-corrected chi connectivity index (χ4v) is 3.03. The van der Waals surface area contributed by atoms with Gasteiger partial charge in [-0.3, -0.25) is 0 Å². The molecule has 2 amide bonds. The molecule has 1 atom stereocenters. The van der Waals surface area contributed by atoms with Crippen LogP contribution < -0.4 is 0 Å². The van der Waals surface area contributed by atoms with Gasteiger partial charge in [0.15, 0.2) is 0 Å². The van der Waals surface area contributed by atoms with Crippen LogP contribution in [0, 0.1) is 0 Å². The average Bonchev–Trinajstić information content (AvgIpc) is 2.48. The molecule has 118 valence electrons. The van der Waals surface area contributed by atoms with E-state index in [1.165, 1.54) is 16.9 Å². The van der Waals surface area contributed by atoms with Gasteiger partial charge >= 0.3 is 12.0 Å². The minimum Gasteiger partial charge on any atom is -0.466 e. The Kier molecular flexibility index (Phi) is 4.68. The summed E-state index contributed by atoms with van der Waals surface area (Å²) in [5, 5.41) is 0.867. The van der Waals surface area contributed by atoms with Gasteiger partial charge in [-0.05, 0) is 24.6 Å². The number of benzene rings is 1. The maximum Gasteiger partial charge on any atom is 0.337 e. The van der Waals surface area contributed by atoms with Crippen molar-refractivity contribution >= 4 is 35.2 Å². The van der Waals surface area contributed by atoms with Gasteiger partial charge < -0.3 is 14.5 Å². The molecule has 0 saturated heterocycles. The van der Waals surface area contributed by atoms with Crippen LogP contribution in [0.15, 0.2) is 29.5 Å². The maximum absolute atomic E-state index is 12.4. The highest BCUT2D eigenvalue weighted by Gasteiger charge is 2.39. The number of urea groups is 1. The van der Waals surface area contributed by atoms with Crippen molar-refractivity contribution in [2.45, 2.75) is 13.0 Å². The third-order valence-electron chi connectivity index (χ3n) is 3.80. The molecule has 0 fully saturated rings. The number of carbonyl (C=O) groups is 2. The molecule has 0 aliphatic carbocycles. The third-order valence-corrected chi connectivity index (χ3v) is 4.37. The predicted molar refractivity (Wildman–Crippen MR) is 84.8 cm³/mol. The predicted octanol–water partition coefficient (Wildman–Crippen LogP) is 3.48. The summed E-state index contributed by atoms with van der Waals surface area (Å²) in [4.78, 5) is 27.4. The van der Waals surface area contributed by atoms with Crippen LogP contribution in [-0.2, 0) is 9.53 Å². The molecule has 0 spiro atoms. The van der Waals surface area contributed by atoms with Crippen molar-refractivity contribution in [3.8, 4) is 0 Å². The molecule has 0 radical (unpaired) electrons. The number of halogens is 2. The lowest BCUT2D eigenvalue weighted by molar-refractivity contribution is -0.137. The van der Waals surface area contributed by atoms with Crippen LogP contribution in [-0.4, -0.2) is 43.0 Å². The fourth-order valence-electron chi connectivity index (χ4n) is 2.52. The van der Waals surface area contributed by atoms with Crippen molar-refractivity contribution in [2.75, 3.05) is 21.2 Å². The van der Waals surface area contributed by atoms with Gasteiger partial charge in [-0.15, -0.1) is 0 Å². The molecule has 0 saturated carbocycles. The minimum atomic E-state index is -0.624. The molecule has 7 heteroatoms. The van der Waals surface area contributed by atoms with Gasteiger partial charge in [0.1, 0.15) is 0 Å². The molecule has 0 aromatic heterocycles. The Morgan fingerprint density at radius 3 is 2.45 bits per heavy atom. The number of rotatable bonds is 2. The van der Waals surface area contributed by atoms with Crippen LogP contribution in [0.4, 0.5) is 4.79 Å². The zero-order valence-electron chi connectivity index (χ0n) is 12.7. The van der Waals surface area contributed by atoms with Gasteiger partial charge in [0.05, 0.1) is 18.7 Å². The Morgan fingerprint density at radius 1 is 1.27 bits per heavy atom. The Balaban J connectivity index is 2.68. The second kappa shape index (κ2) is 6.18. The Hall–Kier alpha value is -1.72. The summed E-state index contributed by atoms with van der Waals surface area (Å²) in [7, 11) is 4.53. The molecule has 1 aromatic carbocycles. The van der Waals surface area contributed by atoms with Gasteiger partial charge in [-0.1, -0.05) is 29.3 Å². The molecule has 1 heterocycles. The van der Waals surface area contributed by atoms with Crippen molar-refractivity contribution in [1.29, 1.82) is 0 Å². The SMILES string of the molecule is COC(=O)C1=C(C)N(C)C(=O)N(C)[C@H]1c1ccc(Cl)cc1Cl.